The molecular formula is C19H19N7O. The average Bonchev–Trinajstić information content (AvgIpc) is 3.21. The number of hydrogen-bond donors (Lipinski definition) is 1. The van der Waals surface area contributed by atoms with Crippen molar-refractivity contribution in [2.45, 2.75) is 20.4 Å². The molecule has 1 amide bonds. The molecule has 0 spiro atoms. The molecule has 1 aromatic carbocycles. The van der Waals surface area contributed by atoms with Gasteiger partial charge in [-0.3, -0.25) is 14.8 Å². The molecule has 0 aliphatic carbocycles. The lowest BCUT2D eigenvalue weighted by Gasteiger charge is -2.05. The van der Waals surface area contributed by atoms with Crippen molar-refractivity contribution in [1.82, 2.24) is 29.5 Å². The molecule has 0 atom stereocenters. The number of aryl methyl sites for hydroxylation is 3. The van der Waals surface area contributed by atoms with E-state index in [2.05, 4.69) is 31.5 Å². The fourth-order valence-corrected chi connectivity index (χ4v) is 3.02. The van der Waals surface area contributed by atoms with Crippen LogP contribution < -0.4 is 5.32 Å². The summed E-state index contributed by atoms with van der Waals surface area (Å²) in [4.78, 5) is 21.4. The van der Waals surface area contributed by atoms with Gasteiger partial charge in [-0.25, -0.2) is 14.6 Å². The highest BCUT2D eigenvalue weighted by atomic mass is 16.1. The van der Waals surface area contributed by atoms with Crippen molar-refractivity contribution >= 4 is 22.9 Å². The molecule has 0 saturated carbocycles. The second kappa shape index (κ2) is 6.64. The zero-order chi connectivity index (χ0) is 19.0. The van der Waals surface area contributed by atoms with Crippen LogP contribution in [0.3, 0.4) is 0 Å². The Kier molecular flexibility index (Phi) is 4.15. The van der Waals surface area contributed by atoms with Crippen LogP contribution in [0.15, 0.2) is 42.9 Å². The molecule has 8 heteroatoms. The minimum Gasteiger partial charge on any atom is -0.289 e. The Hall–Kier alpha value is -3.55. The Morgan fingerprint density at radius 1 is 1.22 bits per heavy atom. The largest absolute Gasteiger partial charge is 0.289 e. The molecule has 0 unspecified atom stereocenters. The third-order valence-corrected chi connectivity index (χ3v) is 4.27. The van der Waals surface area contributed by atoms with Crippen LogP contribution in [0.1, 0.15) is 27.2 Å². The molecule has 27 heavy (non-hydrogen) atoms. The van der Waals surface area contributed by atoms with Crippen LogP contribution in [0.25, 0.3) is 11.0 Å². The van der Waals surface area contributed by atoms with Gasteiger partial charge in [-0.15, -0.1) is 5.10 Å². The van der Waals surface area contributed by atoms with E-state index in [4.69, 9.17) is 0 Å². The topological polar surface area (TPSA) is 90.5 Å². The predicted octanol–water partition coefficient (Wildman–Crippen LogP) is 2.48. The van der Waals surface area contributed by atoms with Gasteiger partial charge in [0, 0.05) is 12.7 Å². The molecule has 3 heterocycles. The van der Waals surface area contributed by atoms with Gasteiger partial charge >= 0.3 is 0 Å². The minimum absolute atomic E-state index is 0.263. The van der Waals surface area contributed by atoms with Crippen LogP contribution in [0.2, 0.25) is 0 Å². The molecule has 0 saturated heterocycles. The summed E-state index contributed by atoms with van der Waals surface area (Å²) >= 11 is 0. The van der Waals surface area contributed by atoms with E-state index in [1.54, 1.807) is 35.0 Å². The van der Waals surface area contributed by atoms with Crippen LogP contribution >= 0.6 is 0 Å². The van der Waals surface area contributed by atoms with Crippen molar-refractivity contribution < 1.29 is 4.79 Å². The van der Waals surface area contributed by atoms with Gasteiger partial charge in [0.05, 0.1) is 23.7 Å². The normalized spacial score (nSPS) is 11.1. The summed E-state index contributed by atoms with van der Waals surface area (Å²) in [5.74, 6) is -0.0223. The molecule has 0 fully saturated rings. The fourth-order valence-electron chi connectivity index (χ4n) is 3.02. The number of benzene rings is 1. The molecule has 0 bridgehead atoms. The monoisotopic (exact) mass is 361 g/mol. The molecule has 136 valence electrons. The van der Waals surface area contributed by atoms with E-state index in [9.17, 15) is 4.79 Å². The summed E-state index contributed by atoms with van der Waals surface area (Å²) in [6.45, 7) is 4.48. The van der Waals surface area contributed by atoms with Gasteiger partial charge in [-0.1, -0.05) is 29.8 Å². The first-order valence-electron chi connectivity index (χ1n) is 8.55. The number of amides is 1. The number of fused-ring (bicyclic) bond motifs is 1. The van der Waals surface area contributed by atoms with Crippen molar-refractivity contribution in [2.24, 2.45) is 7.05 Å². The highest BCUT2D eigenvalue weighted by molar-refractivity contribution is 6.11. The number of pyridine rings is 1. The molecular weight excluding hydrogens is 342 g/mol. The van der Waals surface area contributed by atoms with Crippen LogP contribution in [0.5, 0.6) is 0 Å². The van der Waals surface area contributed by atoms with Crippen molar-refractivity contribution in [2.75, 3.05) is 5.32 Å². The number of carbonyl (C=O) groups excluding carboxylic acids is 1. The van der Waals surface area contributed by atoms with Crippen LogP contribution in [-0.2, 0) is 13.6 Å². The lowest BCUT2D eigenvalue weighted by molar-refractivity contribution is 0.102. The van der Waals surface area contributed by atoms with Crippen molar-refractivity contribution in [3.05, 3.63) is 65.2 Å². The van der Waals surface area contributed by atoms with Gasteiger partial charge in [0.2, 0.25) is 5.95 Å². The Balaban J connectivity index is 1.55. The lowest BCUT2D eigenvalue weighted by Crippen LogP contribution is -2.14. The summed E-state index contributed by atoms with van der Waals surface area (Å²) < 4.78 is 3.34. The number of nitrogens with one attached hydrogen (secondary N) is 1. The van der Waals surface area contributed by atoms with E-state index in [0.717, 1.165) is 11.3 Å². The Bertz CT molecular complexity index is 1140. The minimum atomic E-state index is -0.285. The summed E-state index contributed by atoms with van der Waals surface area (Å²) in [6, 6.07) is 9.93. The summed E-state index contributed by atoms with van der Waals surface area (Å²) in [7, 11) is 1.80. The van der Waals surface area contributed by atoms with Crippen LogP contribution in [0, 0.1) is 13.8 Å². The maximum Gasteiger partial charge on any atom is 0.258 e. The molecule has 3 aromatic heterocycles. The second-order valence-corrected chi connectivity index (χ2v) is 6.53. The quantitative estimate of drug-likeness (QED) is 0.603. The maximum absolute atomic E-state index is 12.7. The van der Waals surface area contributed by atoms with Crippen molar-refractivity contribution in [3.8, 4) is 0 Å². The highest BCUT2D eigenvalue weighted by Gasteiger charge is 2.16. The SMILES string of the molecule is Cc1cccc(Cn2cnc(NC(=O)c3cc(C)nc4c3cnn4C)n2)c1. The van der Waals surface area contributed by atoms with Crippen LogP contribution in [-0.4, -0.2) is 35.4 Å². The molecule has 0 aliphatic rings. The number of anilines is 1. The van der Waals surface area contributed by atoms with E-state index in [-0.39, 0.29) is 11.9 Å². The smallest absolute Gasteiger partial charge is 0.258 e. The van der Waals surface area contributed by atoms with E-state index >= 15 is 0 Å². The Labute approximate surface area is 155 Å². The number of hydrogen-bond acceptors (Lipinski definition) is 5. The van der Waals surface area contributed by atoms with E-state index in [1.807, 2.05) is 32.0 Å². The van der Waals surface area contributed by atoms with E-state index in [0.29, 0.717) is 23.1 Å². The first kappa shape index (κ1) is 16.9. The molecule has 0 aliphatic heterocycles. The number of carbonyl (C=O) groups is 1. The van der Waals surface area contributed by atoms with Gasteiger partial charge in [-0.05, 0) is 25.5 Å². The fraction of sp³-hybridized carbons (Fsp3) is 0.211. The van der Waals surface area contributed by atoms with E-state index in [1.165, 1.54) is 5.56 Å². The molecule has 4 rings (SSSR count). The third-order valence-electron chi connectivity index (χ3n) is 4.27. The molecule has 1 N–H and O–H groups in total. The average molecular weight is 361 g/mol. The summed E-state index contributed by atoms with van der Waals surface area (Å²) in [5, 5.41) is 12.0. The Morgan fingerprint density at radius 3 is 2.89 bits per heavy atom. The number of aromatic nitrogens is 6. The van der Waals surface area contributed by atoms with Gasteiger partial charge in [0.1, 0.15) is 6.33 Å². The standard InChI is InChI=1S/C19H19N7O/c1-12-5-4-6-14(7-12)10-26-11-20-19(24-26)23-18(27)15-8-13(2)22-17-16(15)9-21-25(17)3/h4-9,11H,10H2,1-3H3,(H,23,24,27). The summed E-state index contributed by atoms with van der Waals surface area (Å²) in [5.41, 5.74) is 4.22. The first-order chi connectivity index (χ1) is 13.0. The predicted molar refractivity (Wildman–Crippen MR) is 102 cm³/mol. The lowest BCUT2D eigenvalue weighted by atomic mass is 10.1. The first-order valence-corrected chi connectivity index (χ1v) is 8.55. The van der Waals surface area contributed by atoms with Gasteiger partial charge < -0.3 is 0 Å². The Morgan fingerprint density at radius 2 is 2.07 bits per heavy atom. The van der Waals surface area contributed by atoms with Crippen LogP contribution in [0.4, 0.5) is 5.95 Å². The maximum atomic E-state index is 12.7. The van der Waals surface area contributed by atoms with Gasteiger partial charge in [0.15, 0.2) is 5.65 Å². The molecule has 0 radical (unpaired) electrons. The zero-order valence-electron chi connectivity index (χ0n) is 15.3. The van der Waals surface area contributed by atoms with Crippen molar-refractivity contribution in [1.29, 1.82) is 0 Å². The van der Waals surface area contributed by atoms with Crippen molar-refractivity contribution in [3.63, 3.8) is 0 Å². The molecule has 8 nitrogen and oxygen atoms in total. The number of nitrogens with zero attached hydrogens (tertiary/aromatic N) is 6. The third kappa shape index (κ3) is 3.41. The number of rotatable bonds is 4. The highest BCUT2D eigenvalue weighted by Crippen LogP contribution is 2.18. The van der Waals surface area contributed by atoms with Gasteiger partial charge in [0.25, 0.3) is 5.91 Å². The molecule has 4 aromatic rings. The summed E-state index contributed by atoms with van der Waals surface area (Å²) in [6.07, 6.45) is 3.25. The zero-order valence-corrected chi connectivity index (χ0v) is 15.3. The second-order valence-electron chi connectivity index (χ2n) is 6.53. The van der Waals surface area contributed by atoms with E-state index < -0.39 is 0 Å². The van der Waals surface area contributed by atoms with Gasteiger partial charge in [-0.2, -0.15) is 5.10 Å².